The molecule has 0 aliphatic carbocycles. The van der Waals surface area contributed by atoms with Gasteiger partial charge in [0, 0.05) is 33.1 Å². The summed E-state index contributed by atoms with van der Waals surface area (Å²) in [6.45, 7) is 4.77. The first kappa shape index (κ1) is 11.9. The van der Waals surface area contributed by atoms with Gasteiger partial charge in [0.1, 0.15) is 0 Å². The van der Waals surface area contributed by atoms with Gasteiger partial charge in [0.05, 0.1) is 0 Å². The fourth-order valence-electron chi connectivity index (χ4n) is 0.452. The third-order valence-corrected chi connectivity index (χ3v) is 2.84. The fourth-order valence-corrected chi connectivity index (χ4v) is 0.849. The second-order valence-corrected chi connectivity index (χ2v) is 4.78. The Labute approximate surface area is 86.0 Å². The SMILES string of the molecule is CSC(C)(C)CNC(=O)C#CBr. The molecule has 1 N–H and O–H groups in total. The van der Waals surface area contributed by atoms with Crippen molar-refractivity contribution in [3.8, 4) is 10.8 Å². The van der Waals surface area contributed by atoms with Crippen LogP contribution in [0.25, 0.3) is 0 Å². The van der Waals surface area contributed by atoms with Crippen LogP contribution in [0.2, 0.25) is 0 Å². The summed E-state index contributed by atoms with van der Waals surface area (Å²) in [6, 6.07) is 0. The zero-order valence-corrected chi connectivity index (χ0v) is 9.80. The van der Waals surface area contributed by atoms with Crippen LogP contribution in [0, 0.1) is 10.8 Å². The lowest BCUT2D eigenvalue weighted by Crippen LogP contribution is -2.35. The van der Waals surface area contributed by atoms with Gasteiger partial charge in [-0.25, -0.2) is 0 Å². The van der Waals surface area contributed by atoms with E-state index in [4.69, 9.17) is 0 Å². The number of hydrogen-bond acceptors (Lipinski definition) is 2. The van der Waals surface area contributed by atoms with Gasteiger partial charge in [0.25, 0.3) is 5.91 Å². The molecule has 0 saturated heterocycles. The number of nitrogens with one attached hydrogen (secondary N) is 1. The minimum absolute atomic E-state index is 0.0731. The standard InChI is InChI=1S/C8H12BrNOS/c1-8(2,12-3)6-10-7(11)4-5-9/h6H2,1-3H3,(H,10,11). The highest BCUT2D eigenvalue weighted by Gasteiger charge is 2.15. The molecule has 12 heavy (non-hydrogen) atoms. The third kappa shape index (κ3) is 5.50. The molecule has 0 fully saturated rings. The van der Waals surface area contributed by atoms with Crippen molar-refractivity contribution in [2.24, 2.45) is 0 Å². The highest BCUT2D eigenvalue weighted by molar-refractivity contribution is 9.12. The highest BCUT2D eigenvalue weighted by atomic mass is 79.9. The van der Waals surface area contributed by atoms with Crippen LogP contribution in [0.3, 0.4) is 0 Å². The molecule has 0 radical (unpaired) electrons. The van der Waals surface area contributed by atoms with Crippen LogP contribution in [-0.4, -0.2) is 23.5 Å². The molecule has 4 heteroatoms. The van der Waals surface area contributed by atoms with Crippen molar-refractivity contribution in [1.82, 2.24) is 5.32 Å². The van der Waals surface area contributed by atoms with E-state index in [1.165, 1.54) is 0 Å². The van der Waals surface area contributed by atoms with Crippen LogP contribution >= 0.6 is 27.7 Å². The van der Waals surface area contributed by atoms with Crippen LogP contribution in [0.1, 0.15) is 13.8 Å². The largest absolute Gasteiger partial charge is 0.344 e. The molecule has 0 spiro atoms. The quantitative estimate of drug-likeness (QED) is 0.771. The van der Waals surface area contributed by atoms with Gasteiger partial charge in [0.15, 0.2) is 0 Å². The van der Waals surface area contributed by atoms with Crippen molar-refractivity contribution in [3.63, 3.8) is 0 Å². The van der Waals surface area contributed by atoms with Crippen molar-refractivity contribution in [3.05, 3.63) is 0 Å². The fraction of sp³-hybridized carbons (Fsp3) is 0.625. The first-order valence-electron chi connectivity index (χ1n) is 3.46. The Morgan fingerprint density at radius 1 is 1.67 bits per heavy atom. The second-order valence-electron chi connectivity index (χ2n) is 2.87. The van der Waals surface area contributed by atoms with E-state index in [1.807, 2.05) is 6.26 Å². The summed E-state index contributed by atoms with van der Waals surface area (Å²) in [5.41, 5.74) is 0. The molecule has 0 aromatic rings. The molecule has 0 saturated carbocycles. The Morgan fingerprint density at radius 2 is 2.25 bits per heavy atom. The van der Waals surface area contributed by atoms with Crippen LogP contribution in [0.5, 0.6) is 0 Å². The van der Waals surface area contributed by atoms with Crippen molar-refractivity contribution >= 4 is 33.6 Å². The van der Waals surface area contributed by atoms with Crippen molar-refractivity contribution in [2.75, 3.05) is 12.8 Å². The van der Waals surface area contributed by atoms with E-state index >= 15 is 0 Å². The first-order valence-corrected chi connectivity index (χ1v) is 5.48. The number of amides is 1. The van der Waals surface area contributed by atoms with Gasteiger partial charge in [0.2, 0.25) is 0 Å². The number of carbonyl (C=O) groups is 1. The average molecular weight is 250 g/mol. The monoisotopic (exact) mass is 249 g/mol. The summed E-state index contributed by atoms with van der Waals surface area (Å²) in [7, 11) is 0. The van der Waals surface area contributed by atoms with Gasteiger partial charge in [-0.15, -0.1) is 0 Å². The topological polar surface area (TPSA) is 29.1 Å². The highest BCUT2D eigenvalue weighted by Crippen LogP contribution is 2.19. The van der Waals surface area contributed by atoms with E-state index in [9.17, 15) is 4.79 Å². The molecule has 1 amide bonds. The van der Waals surface area contributed by atoms with Gasteiger partial charge < -0.3 is 5.32 Å². The van der Waals surface area contributed by atoms with Gasteiger partial charge in [-0.1, -0.05) is 0 Å². The van der Waals surface area contributed by atoms with E-state index in [0.29, 0.717) is 6.54 Å². The molecule has 0 aromatic heterocycles. The van der Waals surface area contributed by atoms with Gasteiger partial charge in [-0.3, -0.25) is 4.79 Å². The molecule has 68 valence electrons. The van der Waals surface area contributed by atoms with E-state index in [2.05, 4.69) is 45.8 Å². The lowest BCUT2D eigenvalue weighted by atomic mass is 10.2. The zero-order chi connectivity index (χ0) is 9.61. The summed E-state index contributed by atoms with van der Waals surface area (Å²) in [6.07, 6.45) is 2.02. The summed E-state index contributed by atoms with van der Waals surface area (Å²) >= 11 is 4.57. The Balaban J connectivity index is 3.80. The van der Waals surface area contributed by atoms with Gasteiger partial charge >= 0.3 is 0 Å². The Hall–Kier alpha value is -0.140. The minimum Gasteiger partial charge on any atom is -0.344 e. The predicted molar refractivity (Wildman–Crippen MR) is 57.3 cm³/mol. The maximum Gasteiger partial charge on any atom is 0.296 e. The lowest BCUT2D eigenvalue weighted by Gasteiger charge is -2.21. The normalized spacial score (nSPS) is 10.0. The van der Waals surface area contributed by atoms with E-state index < -0.39 is 0 Å². The van der Waals surface area contributed by atoms with Crippen LogP contribution in [0.4, 0.5) is 0 Å². The molecular weight excluding hydrogens is 238 g/mol. The van der Waals surface area contributed by atoms with Crippen LogP contribution < -0.4 is 5.32 Å². The maximum atomic E-state index is 10.9. The minimum atomic E-state index is -0.242. The Bertz CT molecular complexity index is 217. The molecule has 0 unspecified atom stereocenters. The molecule has 0 atom stereocenters. The summed E-state index contributed by atoms with van der Waals surface area (Å²) in [5.74, 6) is 2.11. The van der Waals surface area contributed by atoms with Crippen molar-refractivity contribution in [1.29, 1.82) is 0 Å². The van der Waals surface area contributed by atoms with Crippen molar-refractivity contribution in [2.45, 2.75) is 18.6 Å². The van der Waals surface area contributed by atoms with E-state index in [-0.39, 0.29) is 10.7 Å². The number of hydrogen-bond donors (Lipinski definition) is 1. The smallest absolute Gasteiger partial charge is 0.296 e. The number of rotatable bonds is 3. The third-order valence-electron chi connectivity index (χ3n) is 1.39. The van der Waals surface area contributed by atoms with Crippen LogP contribution in [-0.2, 0) is 4.79 Å². The second kappa shape index (κ2) is 5.50. The summed E-state index contributed by atoms with van der Waals surface area (Å²) < 4.78 is 0.0731. The predicted octanol–water partition coefficient (Wildman–Crippen LogP) is 1.60. The Kier molecular flexibility index (Phi) is 5.43. The number of thioether (sulfide) groups is 1. The van der Waals surface area contributed by atoms with E-state index in [0.717, 1.165) is 0 Å². The molecule has 0 aliphatic rings. The number of halogens is 1. The number of carbonyl (C=O) groups excluding carboxylic acids is 1. The zero-order valence-electron chi connectivity index (χ0n) is 7.40. The molecule has 0 aliphatic heterocycles. The molecule has 2 nitrogen and oxygen atoms in total. The van der Waals surface area contributed by atoms with Crippen LogP contribution in [0.15, 0.2) is 0 Å². The molecule has 0 aromatic carbocycles. The average Bonchev–Trinajstić information content (AvgIpc) is 2.02. The molecule has 0 bridgehead atoms. The van der Waals surface area contributed by atoms with Gasteiger partial charge in [-0.05, 0) is 24.9 Å². The van der Waals surface area contributed by atoms with Gasteiger partial charge in [-0.2, -0.15) is 11.8 Å². The first-order chi connectivity index (χ1) is 5.52. The summed E-state index contributed by atoms with van der Waals surface area (Å²) in [4.78, 5) is 13.2. The maximum absolute atomic E-state index is 10.9. The molecule has 0 rings (SSSR count). The molecular formula is C8H12BrNOS. The Morgan fingerprint density at radius 3 is 2.67 bits per heavy atom. The van der Waals surface area contributed by atoms with E-state index in [1.54, 1.807) is 11.8 Å². The summed E-state index contributed by atoms with van der Waals surface area (Å²) in [5, 5.41) is 2.71. The lowest BCUT2D eigenvalue weighted by molar-refractivity contribution is -0.115. The molecule has 0 heterocycles. The van der Waals surface area contributed by atoms with Crippen molar-refractivity contribution < 1.29 is 4.79 Å².